The van der Waals surface area contributed by atoms with Gasteiger partial charge in [-0.25, -0.2) is 4.98 Å². The third-order valence-electron chi connectivity index (χ3n) is 6.18. The number of hydrogen-bond acceptors (Lipinski definition) is 5. The van der Waals surface area contributed by atoms with Gasteiger partial charge in [0, 0.05) is 35.7 Å². The van der Waals surface area contributed by atoms with Crippen molar-refractivity contribution >= 4 is 22.6 Å². The van der Waals surface area contributed by atoms with Crippen LogP contribution >= 0.6 is 0 Å². The number of aryl methyl sites for hydroxylation is 1. The second-order valence-corrected chi connectivity index (χ2v) is 8.43. The van der Waals surface area contributed by atoms with E-state index < -0.39 is 11.7 Å². The third-order valence-corrected chi connectivity index (χ3v) is 6.18. The maximum atomic E-state index is 13.6. The van der Waals surface area contributed by atoms with E-state index in [1.54, 1.807) is 23.1 Å². The molecule has 6 nitrogen and oxygen atoms in total. The molecule has 0 spiro atoms. The first-order valence-electron chi connectivity index (χ1n) is 10.7. The molecular formula is C24H25F3N4O2. The highest BCUT2D eigenvalue weighted by Crippen LogP contribution is 2.29. The Morgan fingerprint density at radius 2 is 2.06 bits per heavy atom. The highest BCUT2D eigenvalue weighted by Gasteiger charge is 2.33. The first-order valence-corrected chi connectivity index (χ1v) is 10.7. The highest BCUT2D eigenvalue weighted by atomic mass is 19.4. The lowest BCUT2D eigenvalue weighted by atomic mass is 9.97. The predicted octanol–water partition coefficient (Wildman–Crippen LogP) is 4.61. The predicted molar refractivity (Wildman–Crippen MR) is 118 cm³/mol. The molecule has 0 saturated carbocycles. The highest BCUT2D eigenvalue weighted by molar-refractivity contribution is 5.98. The molecule has 1 aromatic carbocycles. The summed E-state index contributed by atoms with van der Waals surface area (Å²) >= 11 is 0. The van der Waals surface area contributed by atoms with Crippen molar-refractivity contribution in [1.29, 1.82) is 0 Å². The molecular weight excluding hydrogens is 433 g/mol. The third kappa shape index (κ3) is 4.93. The zero-order valence-corrected chi connectivity index (χ0v) is 18.4. The van der Waals surface area contributed by atoms with Crippen LogP contribution in [0.3, 0.4) is 0 Å². The molecule has 174 valence electrons. The molecule has 1 saturated heterocycles. The van der Waals surface area contributed by atoms with Crippen LogP contribution in [0.1, 0.15) is 40.5 Å². The molecule has 33 heavy (non-hydrogen) atoms. The molecule has 4 rings (SSSR count). The maximum absolute atomic E-state index is 13.6. The quantitative estimate of drug-likeness (QED) is 0.604. The summed E-state index contributed by atoms with van der Waals surface area (Å²) < 4.78 is 44.2. The van der Waals surface area contributed by atoms with Crippen molar-refractivity contribution < 1.29 is 22.7 Å². The molecule has 3 heterocycles. The number of carbonyl (C=O) groups is 1. The Morgan fingerprint density at radius 3 is 2.70 bits per heavy atom. The minimum atomic E-state index is -4.46. The van der Waals surface area contributed by atoms with E-state index in [2.05, 4.69) is 9.97 Å². The van der Waals surface area contributed by atoms with E-state index in [-0.39, 0.29) is 24.4 Å². The number of nitrogen functional groups attached to an aromatic ring is 1. The Labute approximate surface area is 189 Å². The Bertz CT molecular complexity index is 1160. The number of halogens is 3. The monoisotopic (exact) mass is 458 g/mol. The fraction of sp³-hybridized carbons (Fsp3) is 0.375. The van der Waals surface area contributed by atoms with Crippen molar-refractivity contribution in [3.63, 3.8) is 0 Å². The van der Waals surface area contributed by atoms with E-state index in [0.717, 1.165) is 29.6 Å². The molecule has 1 aliphatic rings. The summed E-state index contributed by atoms with van der Waals surface area (Å²) in [5, 5.41) is 0.789. The number of nitrogens with two attached hydrogens (primary N) is 1. The van der Waals surface area contributed by atoms with Gasteiger partial charge < -0.3 is 15.4 Å². The molecule has 2 N–H and O–H groups in total. The number of benzene rings is 1. The second-order valence-electron chi connectivity index (χ2n) is 8.43. The lowest BCUT2D eigenvalue weighted by Gasteiger charge is -2.32. The molecule has 1 fully saturated rings. The molecule has 0 aliphatic carbocycles. The number of amides is 1. The van der Waals surface area contributed by atoms with Crippen LogP contribution in [0.15, 0.2) is 42.6 Å². The zero-order valence-electron chi connectivity index (χ0n) is 18.4. The van der Waals surface area contributed by atoms with Crippen LogP contribution in [-0.4, -0.2) is 40.0 Å². The Kier molecular flexibility index (Phi) is 6.25. The van der Waals surface area contributed by atoms with E-state index >= 15 is 0 Å². The van der Waals surface area contributed by atoms with Gasteiger partial charge in [0.1, 0.15) is 5.82 Å². The summed E-state index contributed by atoms with van der Waals surface area (Å²) in [6, 6.07) is 9.20. The molecule has 2 aromatic heterocycles. The molecule has 1 aliphatic heterocycles. The fourth-order valence-corrected chi connectivity index (χ4v) is 4.04. The summed E-state index contributed by atoms with van der Waals surface area (Å²) in [4.78, 5) is 23.6. The number of fused-ring (bicyclic) bond motifs is 1. The summed E-state index contributed by atoms with van der Waals surface area (Å²) in [6.45, 7) is 5.03. The van der Waals surface area contributed by atoms with Crippen LogP contribution in [-0.2, 0) is 17.5 Å². The van der Waals surface area contributed by atoms with Gasteiger partial charge in [0.05, 0.1) is 29.9 Å². The van der Waals surface area contributed by atoms with Crippen LogP contribution in [0.2, 0.25) is 0 Å². The van der Waals surface area contributed by atoms with Gasteiger partial charge in [0.2, 0.25) is 0 Å². The van der Waals surface area contributed by atoms with E-state index in [0.29, 0.717) is 35.8 Å². The summed E-state index contributed by atoms with van der Waals surface area (Å²) in [7, 11) is 0. The van der Waals surface area contributed by atoms with Gasteiger partial charge in [-0.3, -0.25) is 9.78 Å². The van der Waals surface area contributed by atoms with E-state index in [1.165, 1.54) is 6.07 Å². The fourth-order valence-electron chi connectivity index (χ4n) is 4.04. The summed E-state index contributed by atoms with van der Waals surface area (Å²) in [6.07, 6.45) is -2.85. The zero-order chi connectivity index (χ0) is 23.8. The van der Waals surface area contributed by atoms with Crippen molar-refractivity contribution in [2.45, 2.75) is 39.0 Å². The number of pyridine rings is 2. The lowest BCUT2D eigenvalue weighted by molar-refractivity contribution is -0.137. The maximum Gasteiger partial charge on any atom is 0.417 e. The number of carbonyl (C=O) groups excluding carboxylic acids is 1. The Balaban J connectivity index is 1.66. The molecule has 0 unspecified atom stereocenters. The number of anilines is 1. The van der Waals surface area contributed by atoms with Crippen LogP contribution in [0.4, 0.5) is 19.0 Å². The Morgan fingerprint density at radius 1 is 1.27 bits per heavy atom. The first-order chi connectivity index (χ1) is 15.6. The van der Waals surface area contributed by atoms with Gasteiger partial charge in [-0.15, -0.1) is 0 Å². The van der Waals surface area contributed by atoms with Crippen molar-refractivity contribution in [3.05, 3.63) is 65.0 Å². The standard InChI is InChI=1S/C24H25F3N4O2/c1-14-9-18-10-16(3-6-21(18)30-22(14)28)23(32)31(15(2)17-7-8-33-13-17)12-20-5-4-19(11-29-20)24(25,26)27/h3-6,9-11,15,17H,7-8,12-13H2,1-2H3,(H2,28,30)/t15-,17-/m0/s1. The molecule has 0 bridgehead atoms. The van der Waals surface area contributed by atoms with Gasteiger partial charge in [0.15, 0.2) is 0 Å². The van der Waals surface area contributed by atoms with Crippen molar-refractivity contribution in [3.8, 4) is 0 Å². The first kappa shape index (κ1) is 23.0. The smallest absolute Gasteiger partial charge is 0.383 e. The van der Waals surface area contributed by atoms with Crippen molar-refractivity contribution in [2.75, 3.05) is 18.9 Å². The van der Waals surface area contributed by atoms with Crippen LogP contribution in [0, 0.1) is 12.8 Å². The van der Waals surface area contributed by atoms with E-state index in [4.69, 9.17) is 10.5 Å². The number of nitrogens with zero attached hydrogens (tertiary/aromatic N) is 3. The van der Waals surface area contributed by atoms with Gasteiger partial charge in [-0.05, 0) is 62.2 Å². The molecule has 1 amide bonds. The number of aromatic nitrogens is 2. The second kappa shape index (κ2) is 8.97. The molecule has 2 atom stereocenters. The van der Waals surface area contributed by atoms with Crippen molar-refractivity contribution in [1.82, 2.24) is 14.9 Å². The normalized spacial score (nSPS) is 17.3. The lowest BCUT2D eigenvalue weighted by Crippen LogP contribution is -2.42. The van der Waals surface area contributed by atoms with Gasteiger partial charge >= 0.3 is 6.18 Å². The van der Waals surface area contributed by atoms with Gasteiger partial charge in [-0.2, -0.15) is 13.2 Å². The molecule has 0 radical (unpaired) electrons. The number of alkyl halides is 3. The Hall–Kier alpha value is -3.20. The van der Waals surface area contributed by atoms with Crippen LogP contribution < -0.4 is 5.73 Å². The number of rotatable bonds is 5. The summed E-state index contributed by atoms with van der Waals surface area (Å²) in [5.74, 6) is 0.339. The van der Waals surface area contributed by atoms with Crippen LogP contribution in [0.5, 0.6) is 0 Å². The van der Waals surface area contributed by atoms with Crippen LogP contribution in [0.25, 0.3) is 10.9 Å². The average Bonchev–Trinajstić information content (AvgIpc) is 3.32. The van der Waals surface area contributed by atoms with Gasteiger partial charge in [-0.1, -0.05) is 0 Å². The number of hydrogen-bond donors (Lipinski definition) is 1. The topological polar surface area (TPSA) is 81.3 Å². The van der Waals surface area contributed by atoms with Gasteiger partial charge in [0.25, 0.3) is 5.91 Å². The SMILES string of the molecule is Cc1cc2cc(C(=O)N(Cc3ccc(C(F)(F)F)cn3)[C@@H](C)[C@H]3CCOC3)ccc2nc1N. The minimum Gasteiger partial charge on any atom is -0.383 e. The average molecular weight is 458 g/mol. The summed E-state index contributed by atoms with van der Waals surface area (Å²) in [5.41, 5.74) is 7.41. The minimum absolute atomic E-state index is 0.0890. The number of ether oxygens (including phenoxy) is 1. The molecule has 3 aromatic rings. The molecule has 9 heteroatoms. The largest absolute Gasteiger partial charge is 0.417 e. The van der Waals surface area contributed by atoms with E-state index in [1.807, 2.05) is 19.9 Å². The van der Waals surface area contributed by atoms with E-state index in [9.17, 15) is 18.0 Å². The van der Waals surface area contributed by atoms with Crippen molar-refractivity contribution in [2.24, 2.45) is 5.92 Å².